The monoisotopic (exact) mass is 567 g/mol. The average molecular weight is 569 g/mol. The lowest BCUT2D eigenvalue weighted by Gasteiger charge is -2.43. The Hall–Kier alpha value is -3.06. The molecular formula is C31H35Cl2N3O3. The van der Waals surface area contributed by atoms with Gasteiger partial charge in [0.15, 0.2) is 0 Å². The minimum Gasteiger partial charge on any atom is -0.441 e. The smallest absolute Gasteiger partial charge is 0.408 e. The van der Waals surface area contributed by atoms with Crippen LogP contribution in [-0.4, -0.2) is 36.5 Å². The van der Waals surface area contributed by atoms with E-state index in [1.165, 1.54) is 0 Å². The number of carbonyl (C=O) groups excluding carboxylic acids is 2. The zero-order chi connectivity index (χ0) is 27.8. The highest BCUT2D eigenvalue weighted by molar-refractivity contribution is 6.42. The maximum Gasteiger partial charge on any atom is 0.408 e. The van der Waals surface area contributed by atoms with Crippen LogP contribution in [0.15, 0.2) is 78.9 Å². The normalized spacial score (nSPS) is 16.6. The number of nitrogens with zero attached hydrogens (tertiary/aromatic N) is 1. The first-order chi connectivity index (χ1) is 18.8. The number of alkyl carbamates (subject to hydrolysis) is 1. The summed E-state index contributed by atoms with van der Waals surface area (Å²) in [5, 5.41) is 7.02. The Morgan fingerprint density at radius 3 is 2.18 bits per heavy atom. The molecule has 1 aliphatic heterocycles. The number of amides is 2. The Bertz CT molecular complexity index is 1250. The first-order valence-electron chi connectivity index (χ1n) is 13.3. The number of likely N-dealkylation sites (tertiary alicyclic amines) is 1. The molecular weight excluding hydrogens is 533 g/mol. The van der Waals surface area contributed by atoms with Crippen molar-refractivity contribution in [1.29, 1.82) is 0 Å². The Morgan fingerprint density at radius 2 is 1.56 bits per heavy atom. The quantitative estimate of drug-likeness (QED) is 0.291. The minimum absolute atomic E-state index is 0.0314. The summed E-state index contributed by atoms with van der Waals surface area (Å²) in [7, 11) is 0. The molecule has 39 heavy (non-hydrogen) atoms. The van der Waals surface area contributed by atoms with Crippen LogP contribution in [0, 0.1) is 0 Å². The first-order valence-corrected chi connectivity index (χ1v) is 14.0. The number of rotatable bonds is 9. The molecule has 0 bridgehead atoms. The standard InChI is InChI=1S/C31H35Cl2N3O3/c1-22(24-9-5-3-6-10-24)34-30(38)39-29(25-13-14-27(32)28(33)21-25)15-18-36-19-16-31(17-20-36,35-23(2)37)26-11-7-4-8-12-26/h3-14,21-22,29H,15-20H2,1-2H3,(H,34,38)(H,35,37)/t22?,29-/m0/s1. The van der Waals surface area contributed by atoms with Gasteiger partial charge in [0.25, 0.3) is 0 Å². The van der Waals surface area contributed by atoms with Crippen LogP contribution in [0.5, 0.6) is 0 Å². The lowest BCUT2D eigenvalue weighted by Crippen LogP contribution is -2.52. The first kappa shape index (κ1) is 28.9. The Labute approximate surface area is 240 Å². The van der Waals surface area contributed by atoms with Crippen molar-refractivity contribution in [2.45, 2.75) is 50.8 Å². The third-order valence-corrected chi connectivity index (χ3v) is 8.10. The van der Waals surface area contributed by atoms with Gasteiger partial charge < -0.3 is 20.3 Å². The number of nitrogens with one attached hydrogen (secondary N) is 2. The summed E-state index contributed by atoms with van der Waals surface area (Å²) in [6.07, 6.45) is 1.19. The zero-order valence-corrected chi connectivity index (χ0v) is 23.8. The van der Waals surface area contributed by atoms with Gasteiger partial charge in [-0.25, -0.2) is 4.79 Å². The molecule has 1 unspecified atom stereocenters. The van der Waals surface area contributed by atoms with Crippen molar-refractivity contribution in [3.05, 3.63) is 106 Å². The molecule has 1 fully saturated rings. The lowest BCUT2D eigenvalue weighted by molar-refractivity contribution is -0.121. The van der Waals surface area contributed by atoms with Crippen LogP contribution in [-0.2, 0) is 15.1 Å². The van der Waals surface area contributed by atoms with Gasteiger partial charge in [0.1, 0.15) is 6.10 Å². The molecule has 0 radical (unpaired) electrons. The van der Waals surface area contributed by atoms with Gasteiger partial charge in [0.2, 0.25) is 5.91 Å². The predicted molar refractivity (Wildman–Crippen MR) is 156 cm³/mol. The fourth-order valence-electron chi connectivity index (χ4n) is 5.21. The van der Waals surface area contributed by atoms with Crippen LogP contribution in [0.3, 0.4) is 0 Å². The van der Waals surface area contributed by atoms with Gasteiger partial charge in [-0.2, -0.15) is 0 Å². The maximum atomic E-state index is 12.9. The summed E-state index contributed by atoms with van der Waals surface area (Å²) in [6, 6.07) is 25.0. The van der Waals surface area contributed by atoms with Crippen molar-refractivity contribution in [1.82, 2.24) is 15.5 Å². The number of benzene rings is 3. The van der Waals surface area contributed by atoms with E-state index in [4.69, 9.17) is 27.9 Å². The molecule has 2 atom stereocenters. The number of hydrogen-bond donors (Lipinski definition) is 2. The van der Waals surface area contributed by atoms with E-state index in [2.05, 4.69) is 27.7 Å². The summed E-state index contributed by atoms with van der Waals surface area (Å²) >= 11 is 12.5. The summed E-state index contributed by atoms with van der Waals surface area (Å²) < 4.78 is 5.94. The van der Waals surface area contributed by atoms with Crippen LogP contribution < -0.4 is 10.6 Å². The highest BCUT2D eigenvalue weighted by Gasteiger charge is 2.37. The Kier molecular flexibility index (Phi) is 9.89. The highest BCUT2D eigenvalue weighted by Crippen LogP contribution is 2.34. The summed E-state index contributed by atoms with van der Waals surface area (Å²) in [6.45, 7) is 5.82. The Balaban J connectivity index is 1.42. The molecule has 3 aromatic carbocycles. The fourth-order valence-corrected chi connectivity index (χ4v) is 5.52. The molecule has 0 spiro atoms. The third kappa shape index (κ3) is 7.75. The highest BCUT2D eigenvalue weighted by atomic mass is 35.5. The fraction of sp³-hybridized carbons (Fsp3) is 0.355. The second-order valence-corrected chi connectivity index (χ2v) is 10.9. The van der Waals surface area contributed by atoms with E-state index in [1.807, 2.05) is 61.5 Å². The van der Waals surface area contributed by atoms with Crippen molar-refractivity contribution in [3.63, 3.8) is 0 Å². The number of ether oxygens (including phenoxy) is 1. The van der Waals surface area contributed by atoms with E-state index < -0.39 is 12.2 Å². The molecule has 0 aliphatic carbocycles. The minimum atomic E-state index is -0.501. The van der Waals surface area contributed by atoms with Gasteiger partial charge in [-0.3, -0.25) is 4.79 Å². The van der Waals surface area contributed by atoms with Crippen molar-refractivity contribution in [2.24, 2.45) is 0 Å². The molecule has 0 aromatic heterocycles. The molecule has 1 saturated heterocycles. The lowest BCUT2D eigenvalue weighted by atomic mass is 9.80. The van der Waals surface area contributed by atoms with E-state index in [9.17, 15) is 9.59 Å². The number of hydrogen-bond acceptors (Lipinski definition) is 4. The topological polar surface area (TPSA) is 70.7 Å². The molecule has 1 heterocycles. The predicted octanol–water partition coefficient (Wildman–Crippen LogP) is 7.04. The van der Waals surface area contributed by atoms with E-state index >= 15 is 0 Å². The molecule has 3 aromatic rings. The van der Waals surface area contributed by atoms with E-state index in [1.54, 1.807) is 19.1 Å². The van der Waals surface area contributed by atoms with E-state index in [0.29, 0.717) is 16.5 Å². The molecule has 1 aliphatic rings. The van der Waals surface area contributed by atoms with Crippen molar-refractivity contribution < 1.29 is 14.3 Å². The second kappa shape index (κ2) is 13.3. The maximum absolute atomic E-state index is 12.9. The van der Waals surface area contributed by atoms with Crippen LogP contribution in [0.4, 0.5) is 4.79 Å². The molecule has 6 nitrogen and oxygen atoms in total. The SMILES string of the molecule is CC(=O)NC1(c2ccccc2)CCN(CC[C@H](OC(=O)NC(C)c2ccccc2)c2ccc(Cl)c(Cl)c2)CC1. The van der Waals surface area contributed by atoms with Crippen LogP contribution in [0.25, 0.3) is 0 Å². The number of halogens is 2. The van der Waals surface area contributed by atoms with Gasteiger partial charge in [0, 0.05) is 33.0 Å². The van der Waals surface area contributed by atoms with Crippen molar-refractivity contribution in [2.75, 3.05) is 19.6 Å². The molecule has 2 amide bonds. The molecule has 206 valence electrons. The second-order valence-electron chi connectivity index (χ2n) is 10.1. The number of carbonyl (C=O) groups is 2. The van der Waals surface area contributed by atoms with E-state index in [0.717, 1.165) is 49.2 Å². The van der Waals surface area contributed by atoms with Crippen molar-refractivity contribution >= 4 is 35.2 Å². The Morgan fingerprint density at radius 1 is 0.923 bits per heavy atom. The molecule has 4 rings (SSSR count). The average Bonchev–Trinajstić information content (AvgIpc) is 2.94. The van der Waals surface area contributed by atoms with Gasteiger partial charge in [0.05, 0.1) is 21.6 Å². The van der Waals surface area contributed by atoms with E-state index in [-0.39, 0.29) is 17.5 Å². The van der Waals surface area contributed by atoms with Crippen LogP contribution in [0.1, 0.15) is 61.9 Å². The van der Waals surface area contributed by atoms with Crippen molar-refractivity contribution in [3.8, 4) is 0 Å². The van der Waals surface area contributed by atoms with Crippen LogP contribution >= 0.6 is 23.2 Å². The third-order valence-electron chi connectivity index (χ3n) is 7.36. The largest absolute Gasteiger partial charge is 0.441 e. The van der Waals surface area contributed by atoms with Crippen LogP contribution in [0.2, 0.25) is 10.0 Å². The molecule has 8 heteroatoms. The summed E-state index contributed by atoms with van der Waals surface area (Å²) in [4.78, 5) is 27.3. The van der Waals surface area contributed by atoms with Gasteiger partial charge >= 0.3 is 6.09 Å². The summed E-state index contributed by atoms with van der Waals surface area (Å²) in [5.41, 5.74) is 2.54. The van der Waals surface area contributed by atoms with Gasteiger partial charge in [-0.15, -0.1) is 0 Å². The molecule has 0 saturated carbocycles. The molecule has 2 N–H and O–H groups in total. The zero-order valence-electron chi connectivity index (χ0n) is 22.3. The van der Waals surface area contributed by atoms with Gasteiger partial charge in [-0.05, 0) is 48.6 Å². The van der Waals surface area contributed by atoms with Gasteiger partial charge in [-0.1, -0.05) is 89.9 Å². The number of piperidine rings is 1. The summed E-state index contributed by atoms with van der Waals surface area (Å²) in [5.74, 6) is -0.0314.